The summed E-state index contributed by atoms with van der Waals surface area (Å²) in [4.78, 5) is 31.9. The summed E-state index contributed by atoms with van der Waals surface area (Å²) in [6.45, 7) is 8.53. The van der Waals surface area contributed by atoms with E-state index >= 15 is 0 Å². The van der Waals surface area contributed by atoms with E-state index in [2.05, 4.69) is 10.2 Å². The standard InChI is InChI=1S/C25H34N4O3/c1-4-28(5-2)25(31)24(20-9-7-6-8-10-20)27(3)19-23(30)26-21-11-13-22(14-12-21)29-15-17-32-18-16-29/h6-14,24H,4-5,15-19H2,1-3H3,(H,26,30). The highest BCUT2D eigenvalue weighted by Gasteiger charge is 2.29. The van der Waals surface area contributed by atoms with Gasteiger partial charge in [-0.15, -0.1) is 0 Å². The van der Waals surface area contributed by atoms with Crippen molar-refractivity contribution in [1.29, 1.82) is 0 Å². The predicted octanol–water partition coefficient (Wildman–Crippen LogP) is 3.00. The number of rotatable bonds is 9. The van der Waals surface area contributed by atoms with Gasteiger partial charge >= 0.3 is 0 Å². The molecule has 1 aliphatic rings. The average molecular weight is 439 g/mol. The fourth-order valence-electron chi connectivity index (χ4n) is 4.02. The van der Waals surface area contributed by atoms with Crippen molar-refractivity contribution in [3.8, 4) is 0 Å². The average Bonchev–Trinajstić information content (AvgIpc) is 2.82. The van der Waals surface area contributed by atoms with Crippen LogP contribution in [0.1, 0.15) is 25.5 Å². The summed E-state index contributed by atoms with van der Waals surface area (Å²) in [5.74, 6) is -0.147. The summed E-state index contributed by atoms with van der Waals surface area (Å²) in [7, 11) is 1.82. The Morgan fingerprint density at radius 3 is 2.22 bits per heavy atom. The lowest BCUT2D eigenvalue weighted by molar-refractivity contribution is -0.137. The summed E-state index contributed by atoms with van der Waals surface area (Å²) in [6.07, 6.45) is 0. The molecule has 1 saturated heterocycles. The highest BCUT2D eigenvalue weighted by atomic mass is 16.5. The zero-order valence-electron chi connectivity index (χ0n) is 19.3. The van der Waals surface area contributed by atoms with Crippen molar-refractivity contribution in [3.05, 3.63) is 60.2 Å². The quantitative estimate of drug-likeness (QED) is 0.652. The number of ether oxygens (including phenoxy) is 1. The van der Waals surface area contributed by atoms with Crippen molar-refractivity contribution < 1.29 is 14.3 Å². The van der Waals surface area contributed by atoms with E-state index in [1.54, 1.807) is 4.90 Å². The third kappa shape index (κ3) is 6.08. The van der Waals surface area contributed by atoms with Crippen molar-refractivity contribution in [2.75, 3.05) is 63.2 Å². The molecule has 1 unspecified atom stereocenters. The van der Waals surface area contributed by atoms with Crippen molar-refractivity contribution in [2.24, 2.45) is 0 Å². The van der Waals surface area contributed by atoms with Gasteiger partial charge in [0.2, 0.25) is 11.8 Å². The highest BCUT2D eigenvalue weighted by molar-refractivity contribution is 5.93. The Bertz CT molecular complexity index is 863. The Morgan fingerprint density at radius 1 is 1.00 bits per heavy atom. The third-order valence-corrected chi connectivity index (χ3v) is 5.79. The molecule has 0 radical (unpaired) electrons. The number of carbonyl (C=O) groups excluding carboxylic acids is 2. The maximum absolute atomic E-state index is 13.2. The Kier molecular flexibility index (Phi) is 8.64. The maximum atomic E-state index is 13.2. The van der Waals surface area contributed by atoms with Gasteiger partial charge in [-0.2, -0.15) is 0 Å². The molecule has 0 aliphatic carbocycles. The van der Waals surface area contributed by atoms with Crippen LogP contribution < -0.4 is 10.2 Å². The van der Waals surface area contributed by atoms with Crippen LogP contribution in [0.15, 0.2) is 54.6 Å². The number of anilines is 2. The van der Waals surface area contributed by atoms with Gasteiger partial charge in [-0.1, -0.05) is 30.3 Å². The first-order valence-electron chi connectivity index (χ1n) is 11.3. The molecule has 2 aromatic rings. The van der Waals surface area contributed by atoms with E-state index in [1.165, 1.54) is 0 Å². The molecule has 32 heavy (non-hydrogen) atoms. The van der Waals surface area contributed by atoms with Gasteiger partial charge in [-0.25, -0.2) is 0 Å². The first-order valence-corrected chi connectivity index (χ1v) is 11.3. The molecule has 1 N–H and O–H groups in total. The van der Waals surface area contributed by atoms with E-state index in [0.717, 1.165) is 43.2 Å². The molecule has 2 amide bonds. The van der Waals surface area contributed by atoms with Gasteiger partial charge in [0.05, 0.1) is 19.8 Å². The molecule has 1 fully saturated rings. The second-order valence-electron chi connectivity index (χ2n) is 7.93. The number of hydrogen-bond acceptors (Lipinski definition) is 5. The van der Waals surface area contributed by atoms with Crippen molar-refractivity contribution in [2.45, 2.75) is 19.9 Å². The second kappa shape index (κ2) is 11.6. The smallest absolute Gasteiger partial charge is 0.244 e. The molecule has 0 spiro atoms. The molecule has 7 nitrogen and oxygen atoms in total. The fourth-order valence-corrected chi connectivity index (χ4v) is 4.02. The van der Waals surface area contributed by atoms with Crippen LogP contribution in [0.5, 0.6) is 0 Å². The number of benzene rings is 2. The minimum Gasteiger partial charge on any atom is -0.378 e. The van der Waals surface area contributed by atoms with Crippen molar-refractivity contribution in [3.63, 3.8) is 0 Å². The Balaban J connectivity index is 1.65. The molecule has 0 aromatic heterocycles. The van der Waals surface area contributed by atoms with Crippen LogP contribution in [0.3, 0.4) is 0 Å². The summed E-state index contributed by atoms with van der Waals surface area (Å²) < 4.78 is 5.40. The molecule has 1 atom stereocenters. The second-order valence-corrected chi connectivity index (χ2v) is 7.93. The Hall–Kier alpha value is -2.90. The van der Waals surface area contributed by atoms with E-state index < -0.39 is 6.04 Å². The van der Waals surface area contributed by atoms with Crippen LogP contribution in [0.25, 0.3) is 0 Å². The zero-order chi connectivity index (χ0) is 22.9. The summed E-state index contributed by atoms with van der Waals surface area (Å²) >= 11 is 0. The van der Waals surface area contributed by atoms with Gasteiger partial charge in [0.15, 0.2) is 0 Å². The van der Waals surface area contributed by atoms with E-state index in [1.807, 2.05) is 80.4 Å². The van der Waals surface area contributed by atoms with Crippen molar-refractivity contribution >= 4 is 23.2 Å². The molecule has 1 heterocycles. The van der Waals surface area contributed by atoms with Crippen molar-refractivity contribution in [1.82, 2.24) is 9.80 Å². The zero-order valence-corrected chi connectivity index (χ0v) is 19.3. The van der Waals surface area contributed by atoms with Gasteiger partial charge in [-0.05, 0) is 50.7 Å². The van der Waals surface area contributed by atoms with Gasteiger partial charge in [0.25, 0.3) is 0 Å². The van der Waals surface area contributed by atoms with Gasteiger partial charge < -0.3 is 19.9 Å². The van der Waals surface area contributed by atoms with Crippen LogP contribution >= 0.6 is 0 Å². The maximum Gasteiger partial charge on any atom is 0.244 e. The first kappa shape index (κ1) is 23.8. The molecule has 0 saturated carbocycles. The summed E-state index contributed by atoms with van der Waals surface area (Å²) in [5, 5.41) is 2.96. The molecule has 0 bridgehead atoms. The van der Waals surface area contributed by atoms with Crippen LogP contribution in [0.2, 0.25) is 0 Å². The fraction of sp³-hybridized carbons (Fsp3) is 0.440. The molecular formula is C25H34N4O3. The largest absolute Gasteiger partial charge is 0.378 e. The SMILES string of the molecule is CCN(CC)C(=O)C(c1ccccc1)N(C)CC(=O)Nc1ccc(N2CCOCC2)cc1. The van der Waals surface area contributed by atoms with Crippen LogP contribution in [0.4, 0.5) is 11.4 Å². The summed E-state index contributed by atoms with van der Waals surface area (Å²) in [6, 6.07) is 17.0. The first-order chi connectivity index (χ1) is 15.5. The predicted molar refractivity (Wildman–Crippen MR) is 128 cm³/mol. The molecule has 1 aliphatic heterocycles. The van der Waals surface area contributed by atoms with Crippen LogP contribution in [-0.4, -0.2) is 74.6 Å². The number of nitrogens with one attached hydrogen (secondary N) is 1. The summed E-state index contributed by atoms with van der Waals surface area (Å²) in [5.41, 5.74) is 2.75. The van der Waals surface area contributed by atoms with E-state index in [9.17, 15) is 9.59 Å². The Morgan fingerprint density at radius 2 is 1.62 bits per heavy atom. The third-order valence-electron chi connectivity index (χ3n) is 5.79. The lowest BCUT2D eigenvalue weighted by Crippen LogP contribution is -2.44. The number of carbonyl (C=O) groups is 2. The molecular weight excluding hydrogens is 404 g/mol. The van der Waals surface area contributed by atoms with E-state index in [-0.39, 0.29) is 18.4 Å². The minimum atomic E-state index is -0.509. The number of amides is 2. The molecule has 7 heteroatoms. The lowest BCUT2D eigenvalue weighted by atomic mass is 10.0. The van der Waals surface area contributed by atoms with E-state index in [0.29, 0.717) is 13.1 Å². The van der Waals surface area contributed by atoms with Crippen LogP contribution in [0, 0.1) is 0 Å². The topological polar surface area (TPSA) is 65.1 Å². The van der Waals surface area contributed by atoms with Crippen LogP contribution in [-0.2, 0) is 14.3 Å². The van der Waals surface area contributed by atoms with Gasteiger partial charge in [-0.3, -0.25) is 14.5 Å². The monoisotopic (exact) mass is 438 g/mol. The number of likely N-dealkylation sites (N-methyl/N-ethyl adjacent to an activating group) is 2. The normalized spacial score (nSPS) is 14.8. The lowest BCUT2D eigenvalue weighted by Gasteiger charge is -2.31. The number of nitrogens with zero attached hydrogens (tertiary/aromatic N) is 3. The molecule has 2 aromatic carbocycles. The highest BCUT2D eigenvalue weighted by Crippen LogP contribution is 2.23. The molecule has 172 valence electrons. The van der Waals surface area contributed by atoms with Gasteiger partial charge in [0, 0.05) is 37.6 Å². The Labute approximate surface area is 190 Å². The number of morpholine rings is 1. The minimum absolute atomic E-state index is 0.00589. The molecule has 3 rings (SSSR count). The van der Waals surface area contributed by atoms with E-state index in [4.69, 9.17) is 4.74 Å². The number of hydrogen-bond donors (Lipinski definition) is 1. The van der Waals surface area contributed by atoms with Gasteiger partial charge in [0.1, 0.15) is 6.04 Å².